The number of benzene rings is 1. The lowest BCUT2D eigenvalue weighted by Gasteiger charge is -2.03. The number of carbonyl (C=O) groups is 1. The lowest BCUT2D eigenvalue weighted by Crippen LogP contribution is -2.01. The molecular weight excluding hydrogens is 248 g/mol. The molecule has 0 saturated heterocycles. The molecule has 3 nitrogen and oxygen atoms in total. The number of hydrogen-bond acceptors (Lipinski definition) is 3. The van der Waals surface area contributed by atoms with E-state index in [0.29, 0.717) is 12.4 Å². The third kappa shape index (κ3) is 6.55. The van der Waals surface area contributed by atoms with E-state index in [4.69, 9.17) is 4.74 Å². The van der Waals surface area contributed by atoms with Gasteiger partial charge in [-0.1, -0.05) is 31.0 Å². The summed E-state index contributed by atoms with van der Waals surface area (Å²) in [5.41, 5.74) is 0. The summed E-state index contributed by atoms with van der Waals surface area (Å²) >= 11 is 0. The van der Waals surface area contributed by atoms with Gasteiger partial charge < -0.3 is 4.74 Å². The Kier molecular flexibility index (Phi) is 7.34. The molecule has 0 radical (unpaired) electrons. The third-order valence-electron chi connectivity index (χ3n) is 2.54. The second kappa shape index (κ2) is 8.86. The first-order chi connectivity index (χ1) is 8.70. The minimum atomic E-state index is -0.883. The number of ether oxygens (including phenoxy) is 1. The number of rotatable bonds is 8. The predicted molar refractivity (Wildman–Crippen MR) is 72.8 cm³/mol. The summed E-state index contributed by atoms with van der Waals surface area (Å²) in [4.78, 5) is 11.4. The van der Waals surface area contributed by atoms with E-state index in [0.717, 1.165) is 30.6 Å². The number of esters is 1. The molecule has 0 heterocycles. The van der Waals surface area contributed by atoms with Crippen LogP contribution in [0.15, 0.2) is 35.2 Å². The average molecular weight is 268 g/mol. The summed E-state index contributed by atoms with van der Waals surface area (Å²) < 4.78 is 16.7. The Morgan fingerprint density at radius 1 is 1.11 bits per heavy atom. The van der Waals surface area contributed by atoms with Crippen LogP contribution >= 0.6 is 0 Å². The molecule has 1 aromatic carbocycles. The van der Waals surface area contributed by atoms with Gasteiger partial charge in [-0.3, -0.25) is 9.00 Å². The fourth-order valence-corrected chi connectivity index (χ4v) is 2.76. The van der Waals surface area contributed by atoms with Gasteiger partial charge in [-0.2, -0.15) is 0 Å². The van der Waals surface area contributed by atoms with Crippen molar-refractivity contribution in [3.8, 4) is 0 Å². The maximum absolute atomic E-state index is 11.9. The second-order valence-corrected chi connectivity index (χ2v) is 5.69. The van der Waals surface area contributed by atoms with Crippen molar-refractivity contribution in [2.75, 3.05) is 12.4 Å². The zero-order valence-electron chi connectivity index (χ0n) is 10.8. The molecule has 0 amide bonds. The van der Waals surface area contributed by atoms with E-state index >= 15 is 0 Å². The number of hydrogen-bond donors (Lipinski definition) is 0. The van der Waals surface area contributed by atoms with Crippen molar-refractivity contribution in [2.45, 2.75) is 37.5 Å². The van der Waals surface area contributed by atoms with Gasteiger partial charge in [0.2, 0.25) is 0 Å². The zero-order valence-corrected chi connectivity index (χ0v) is 11.6. The molecule has 100 valence electrons. The Balaban J connectivity index is 2.05. The lowest BCUT2D eigenvalue weighted by atomic mass is 10.2. The molecule has 1 unspecified atom stereocenters. The molecule has 0 aliphatic carbocycles. The Bertz CT molecular complexity index is 376. The van der Waals surface area contributed by atoms with Gasteiger partial charge in [0.25, 0.3) is 0 Å². The summed E-state index contributed by atoms with van der Waals surface area (Å²) in [5.74, 6) is 0.484. The maximum atomic E-state index is 11.9. The van der Waals surface area contributed by atoms with Crippen LogP contribution in [-0.2, 0) is 20.3 Å². The third-order valence-corrected chi connectivity index (χ3v) is 3.99. The minimum Gasteiger partial charge on any atom is -0.466 e. The highest BCUT2D eigenvalue weighted by Crippen LogP contribution is 2.09. The molecule has 1 atom stereocenters. The van der Waals surface area contributed by atoms with E-state index in [-0.39, 0.29) is 5.97 Å². The van der Waals surface area contributed by atoms with Gasteiger partial charge in [-0.05, 0) is 25.0 Å². The van der Waals surface area contributed by atoms with Gasteiger partial charge in [0.1, 0.15) is 0 Å². The number of carbonyl (C=O) groups excluding carboxylic acids is 1. The monoisotopic (exact) mass is 268 g/mol. The van der Waals surface area contributed by atoms with Crippen molar-refractivity contribution in [2.24, 2.45) is 0 Å². The predicted octanol–water partition coefficient (Wildman–Crippen LogP) is 2.92. The maximum Gasteiger partial charge on any atom is 0.302 e. The van der Waals surface area contributed by atoms with E-state index in [9.17, 15) is 9.00 Å². The topological polar surface area (TPSA) is 43.4 Å². The van der Waals surface area contributed by atoms with Crippen molar-refractivity contribution in [3.63, 3.8) is 0 Å². The Morgan fingerprint density at radius 3 is 2.44 bits per heavy atom. The van der Waals surface area contributed by atoms with Crippen molar-refractivity contribution in [1.29, 1.82) is 0 Å². The number of unbranched alkanes of at least 4 members (excludes halogenated alkanes) is 3. The quantitative estimate of drug-likeness (QED) is 0.538. The largest absolute Gasteiger partial charge is 0.466 e. The molecule has 18 heavy (non-hydrogen) atoms. The van der Waals surface area contributed by atoms with Crippen LogP contribution in [0.4, 0.5) is 0 Å². The van der Waals surface area contributed by atoms with Crippen LogP contribution in [-0.4, -0.2) is 22.5 Å². The highest BCUT2D eigenvalue weighted by Gasteiger charge is 2.02. The van der Waals surface area contributed by atoms with Crippen molar-refractivity contribution < 1.29 is 13.7 Å². The molecule has 0 aliphatic heterocycles. The molecule has 0 aliphatic rings. The summed E-state index contributed by atoms with van der Waals surface area (Å²) in [6.07, 6.45) is 3.87. The Labute approximate surface area is 111 Å². The first-order valence-electron chi connectivity index (χ1n) is 6.27. The standard InChI is InChI=1S/C14H20O3S/c1-13(15)17-11-7-2-3-8-12-18(16)14-9-5-4-6-10-14/h4-6,9-10H,2-3,7-8,11-12H2,1H3. The van der Waals surface area contributed by atoms with Crippen molar-refractivity contribution in [1.82, 2.24) is 0 Å². The molecule has 1 aromatic rings. The van der Waals surface area contributed by atoms with Crippen LogP contribution in [0.5, 0.6) is 0 Å². The van der Waals surface area contributed by atoms with Crippen LogP contribution in [0.3, 0.4) is 0 Å². The van der Waals surface area contributed by atoms with E-state index in [1.54, 1.807) is 0 Å². The average Bonchev–Trinajstić information content (AvgIpc) is 2.38. The van der Waals surface area contributed by atoms with Crippen molar-refractivity contribution >= 4 is 16.8 Å². The second-order valence-electron chi connectivity index (χ2n) is 4.12. The van der Waals surface area contributed by atoms with E-state index in [1.807, 2.05) is 30.3 Å². The summed E-state index contributed by atoms with van der Waals surface area (Å²) in [6, 6.07) is 9.54. The molecular formula is C14H20O3S. The molecule has 4 heteroatoms. The normalized spacial score (nSPS) is 12.1. The van der Waals surface area contributed by atoms with E-state index in [1.165, 1.54) is 6.92 Å². The Morgan fingerprint density at radius 2 is 1.78 bits per heavy atom. The zero-order chi connectivity index (χ0) is 13.2. The van der Waals surface area contributed by atoms with Crippen LogP contribution in [0, 0.1) is 0 Å². The van der Waals surface area contributed by atoms with Gasteiger partial charge >= 0.3 is 5.97 Å². The molecule has 0 saturated carbocycles. The fourth-order valence-electron chi connectivity index (χ4n) is 1.59. The molecule has 0 spiro atoms. The van der Waals surface area contributed by atoms with Crippen LogP contribution in [0.2, 0.25) is 0 Å². The molecule has 1 rings (SSSR count). The van der Waals surface area contributed by atoms with E-state index < -0.39 is 10.8 Å². The first-order valence-corrected chi connectivity index (χ1v) is 7.59. The van der Waals surface area contributed by atoms with Gasteiger partial charge in [0, 0.05) is 17.6 Å². The van der Waals surface area contributed by atoms with E-state index in [2.05, 4.69) is 0 Å². The Hall–Kier alpha value is -1.16. The van der Waals surface area contributed by atoms with Crippen LogP contribution < -0.4 is 0 Å². The van der Waals surface area contributed by atoms with Gasteiger partial charge in [-0.25, -0.2) is 0 Å². The smallest absolute Gasteiger partial charge is 0.302 e. The first kappa shape index (κ1) is 14.9. The SMILES string of the molecule is CC(=O)OCCCCCCS(=O)c1ccccc1. The highest BCUT2D eigenvalue weighted by atomic mass is 32.2. The summed E-state index contributed by atoms with van der Waals surface area (Å²) in [6.45, 7) is 1.92. The molecule has 0 fully saturated rings. The van der Waals surface area contributed by atoms with Crippen LogP contribution in [0.25, 0.3) is 0 Å². The van der Waals surface area contributed by atoms with Gasteiger partial charge in [-0.15, -0.1) is 0 Å². The molecule has 0 aromatic heterocycles. The lowest BCUT2D eigenvalue weighted by molar-refractivity contribution is -0.141. The summed E-state index contributed by atoms with van der Waals surface area (Å²) in [7, 11) is -0.883. The minimum absolute atomic E-state index is 0.222. The van der Waals surface area contributed by atoms with Gasteiger partial charge in [0.05, 0.1) is 17.4 Å². The summed E-state index contributed by atoms with van der Waals surface area (Å²) in [5, 5.41) is 0. The van der Waals surface area contributed by atoms with Crippen molar-refractivity contribution in [3.05, 3.63) is 30.3 Å². The fraction of sp³-hybridized carbons (Fsp3) is 0.500. The van der Waals surface area contributed by atoms with Crippen LogP contribution in [0.1, 0.15) is 32.6 Å². The highest BCUT2D eigenvalue weighted by molar-refractivity contribution is 7.85. The molecule has 0 bridgehead atoms. The molecule has 0 N–H and O–H groups in total. The van der Waals surface area contributed by atoms with Gasteiger partial charge in [0.15, 0.2) is 0 Å².